The van der Waals surface area contributed by atoms with E-state index in [1.807, 2.05) is 0 Å². The first kappa shape index (κ1) is 22.1. The highest BCUT2D eigenvalue weighted by Crippen LogP contribution is 2.62. The smallest absolute Gasteiger partial charge is 0.311 e. The molecule has 4 atom stereocenters. The minimum Gasteiger partial charge on any atom is -0.469 e. The maximum Gasteiger partial charge on any atom is 0.311 e. The van der Waals surface area contributed by atoms with Crippen molar-refractivity contribution in [2.75, 3.05) is 20.3 Å². The summed E-state index contributed by atoms with van der Waals surface area (Å²) in [5, 5.41) is 12.2. The van der Waals surface area contributed by atoms with Crippen LogP contribution in [-0.4, -0.2) is 31.3 Å². The van der Waals surface area contributed by atoms with E-state index in [4.69, 9.17) is 14.3 Å². The van der Waals surface area contributed by atoms with Crippen LogP contribution in [-0.2, 0) is 22.5 Å². The molecule has 0 bridgehead atoms. The second-order valence-electron chi connectivity index (χ2n) is 9.38. The van der Waals surface area contributed by atoms with Gasteiger partial charge in [0.25, 0.3) is 0 Å². The number of ether oxygens (including phenoxy) is 1. The maximum absolute atomic E-state index is 12.7. The highest BCUT2D eigenvalue weighted by molar-refractivity contribution is 5.77. The molecule has 0 aliphatic heterocycles. The summed E-state index contributed by atoms with van der Waals surface area (Å²) in [4.78, 5) is 12.7. The molecule has 3 rings (SSSR count). The van der Waals surface area contributed by atoms with Gasteiger partial charge in [-0.25, -0.2) is 0 Å². The zero-order valence-corrected chi connectivity index (χ0v) is 18.3. The number of methoxy groups -OCH3 is 1. The first-order chi connectivity index (χ1) is 13.9. The number of rotatable bonds is 8. The monoisotopic (exact) mass is 403 g/mol. The molecule has 1 aromatic rings. The fourth-order valence-electron chi connectivity index (χ4n) is 6.29. The molecule has 0 aromatic carbocycles. The van der Waals surface area contributed by atoms with Gasteiger partial charge < -0.3 is 19.6 Å². The van der Waals surface area contributed by atoms with Gasteiger partial charge >= 0.3 is 5.97 Å². The molecule has 1 aromatic heterocycles. The van der Waals surface area contributed by atoms with E-state index >= 15 is 0 Å². The van der Waals surface area contributed by atoms with E-state index in [2.05, 4.69) is 31.8 Å². The molecule has 0 radical (unpaired) electrons. The summed E-state index contributed by atoms with van der Waals surface area (Å²) >= 11 is 0. The summed E-state index contributed by atoms with van der Waals surface area (Å²) in [5.74, 6) is 1.64. The molecule has 2 fully saturated rings. The Kier molecular flexibility index (Phi) is 6.90. The quantitative estimate of drug-likeness (QED) is 0.386. The molecule has 5 nitrogen and oxygen atoms in total. The Morgan fingerprint density at radius 3 is 2.93 bits per heavy atom. The van der Waals surface area contributed by atoms with Gasteiger partial charge in [-0.3, -0.25) is 4.79 Å². The second-order valence-corrected chi connectivity index (χ2v) is 9.38. The van der Waals surface area contributed by atoms with Gasteiger partial charge in [0.05, 0.1) is 31.9 Å². The summed E-state index contributed by atoms with van der Waals surface area (Å²) in [6.07, 6.45) is 8.85. The van der Waals surface area contributed by atoms with Gasteiger partial charge in [-0.05, 0) is 74.3 Å². The second kappa shape index (κ2) is 9.05. The van der Waals surface area contributed by atoms with Crippen LogP contribution in [0.2, 0.25) is 0 Å². The van der Waals surface area contributed by atoms with Crippen molar-refractivity contribution in [2.24, 2.45) is 22.7 Å². The Hall–Kier alpha value is -1.59. The number of nitrogens with one attached hydrogen (secondary N) is 1. The van der Waals surface area contributed by atoms with E-state index in [0.717, 1.165) is 50.7 Å². The third-order valence-corrected chi connectivity index (χ3v) is 7.79. The van der Waals surface area contributed by atoms with Gasteiger partial charge in [-0.1, -0.05) is 25.5 Å². The lowest BCUT2D eigenvalue weighted by Gasteiger charge is -2.57. The molecule has 162 valence electrons. The molecule has 1 heterocycles. The molecule has 2 N–H and O–H groups in total. The van der Waals surface area contributed by atoms with Crippen molar-refractivity contribution in [1.29, 1.82) is 0 Å². The molecule has 0 spiro atoms. The number of hydrogen-bond acceptors (Lipinski definition) is 5. The van der Waals surface area contributed by atoms with Crippen LogP contribution < -0.4 is 5.32 Å². The van der Waals surface area contributed by atoms with Crippen LogP contribution in [0.5, 0.6) is 0 Å². The van der Waals surface area contributed by atoms with E-state index in [1.165, 1.54) is 18.2 Å². The van der Waals surface area contributed by atoms with Crippen LogP contribution in [0.1, 0.15) is 63.7 Å². The first-order valence-corrected chi connectivity index (χ1v) is 11.0. The average molecular weight is 404 g/mol. The number of fused-ring (bicyclic) bond motifs is 1. The van der Waals surface area contributed by atoms with Crippen molar-refractivity contribution < 1.29 is 19.1 Å². The Bertz CT molecular complexity index is 726. The molecule has 2 saturated carbocycles. The fourth-order valence-corrected chi connectivity index (χ4v) is 6.29. The number of esters is 1. The zero-order chi connectivity index (χ0) is 21.1. The highest BCUT2D eigenvalue weighted by atomic mass is 16.5. The molecule has 2 aliphatic rings. The van der Waals surface area contributed by atoms with E-state index in [-0.39, 0.29) is 18.0 Å². The number of furan rings is 1. The Morgan fingerprint density at radius 2 is 2.21 bits per heavy atom. The number of carbonyl (C=O) groups is 1. The van der Waals surface area contributed by atoms with Crippen LogP contribution in [0, 0.1) is 22.7 Å². The summed E-state index contributed by atoms with van der Waals surface area (Å²) in [5.41, 5.74) is 2.24. The minimum atomic E-state index is -0.393. The molecule has 29 heavy (non-hydrogen) atoms. The third kappa shape index (κ3) is 4.17. The lowest BCUT2D eigenvalue weighted by molar-refractivity contribution is -0.168. The number of carbonyl (C=O) groups excluding carboxylic acids is 1. The van der Waals surface area contributed by atoms with Crippen molar-refractivity contribution in [3.63, 3.8) is 0 Å². The van der Waals surface area contributed by atoms with Gasteiger partial charge in [0.1, 0.15) is 5.76 Å². The van der Waals surface area contributed by atoms with Gasteiger partial charge in [-0.2, -0.15) is 0 Å². The normalized spacial score (nSPS) is 32.1. The molecular formula is C24H37NO4. The fraction of sp³-hybridized carbons (Fsp3) is 0.708. The lowest BCUT2D eigenvalue weighted by atomic mass is 9.46. The van der Waals surface area contributed by atoms with Crippen LogP contribution in [0.15, 0.2) is 28.9 Å². The van der Waals surface area contributed by atoms with Crippen molar-refractivity contribution in [2.45, 2.75) is 65.3 Å². The highest BCUT2D eigenvalue weighted by Gasteiger charge is 2.57. The topological polar surface area (TPSA) is 71.7 Å². The van der Waals surface area contributed by atoms with Crippen molar-refractivity contribution in [3.8, 4) is 0 Å². The van der Waals surface area contributed by atoms with Crippen LogP contribution in [0.3, 0.4) is 0 Å². The number of aliphatic hydroxyl groups excluding tert-OH is 1. The zero-order valence-electron chi connectivity index (χ0n) is 18.3. The van der Waals surface area contributed by atoms with Crippen LogP contribution in [0.25, 0.3) is 0 Å². The maximum atomic E-state index is 12.7. The van der Waals surface area contributed by atoms with Crippen molar-refractivity contribution in [3.05, 3.63) is 35.8 Å². The van der Waals surface area contributed by atoms with E-state index < -0.39 is 5.41 Å². The SMILES string of the molecule is C=C1CC[C@@H]2[C@](C)(CCC[C@@]2(C)C(=O)OC)[C@H]1CCc1ccoc1CNCCO. The summed E-state index contributed by atoms with van der Waals surface area (Å²) in [7, 11) is 1.52. The number of allylic oxidation sites excluding steroid dienone is 1. The number of hydrogen-bond donors (Lipinski definition) is 2. The Labute approximate surface area is 174 Å². The standard InChI is InChI=1S/C24H37NO4/c1-17-6-9-21-23(2,11-5-12-24(21,3)22(27)28-4)19(17)8-7-18-10-15-29-20(18)16-25-13-14-26/h10,15,19,21,25-26H,1,5-9,11-14,16H2,2-4H3/t19-,21+,23+,24+/m0/s1. The Morgan fingerprint density at radius 1 is 1.41 bits per heavy atom. The average Bonchev–Trinajstić information content (AvgIpc) is 3.14. The number of aliphatic hydroxyl groups is 1. The molecule has 0 saturated heterocycles. The van der Waals surface area contributed by atoms with Gasteiger partial charge in [0.15, 0.2) is 0 Å². The van der Waals surface area contributed by atoms with E-state index in [1.54, 1.807) is 6.26 Å². The third-order valence-electron chi connectivity index (χ3n) is 7.79. The molecule has 0 amide bonds. The largest absolute Gasteiger partial charge is 0.469 e. The van der Waals surface area contributed by atoms with Crippen LogP contribution >= 0.6 is 0 Å². The summed E-state index contributed by atoms with van der Waals surface area (Å²) in [6, 6.07) is 2.06. The van der Waals surface area contributed by atoms with Gasteiger partial charge in [0, 0.05) is 6.54 Å². The Balaban J connectivity index is 1.76. The molecule has 0 unspecified atom stereocenters. The van der Waals surface area contributed by atoms with Crippen molar-refractivity contribution in [1.82, 2.24) is 5.32 Å². The predicted octanol–water partition coefficient (Wildman–Crippen LogP) is 4.25. The summed E-state index contributed by atoms with van der Waals surface area (Å²) in [6.45, 7) is 10.3. The number of aryl methyl sites for hydroxylation is 1. The first-order valence-electron chi connectivity index (χ1n) is 11.0. The van der Waals surface area contributed by atoms with Gasteiger partial charge in [-0.15, -0.1) is 0 Å². The molecular weight excluding hydrogens is 366 g/mol. The summed E-state index contributed by atoms with van der Waals surface area (Å²) < 4.78 is 10.9. The lowest BCUT2D eigenvalue weighted by Crippen LogP contribution is -2.53. The predicted molar refractivity (Wildman–Crippen MR) is 113 cm³/mol. The van der Waals surface area contributed by atoms with E-state index in [9.17, 15) is 4.79 Å². The van der Waals surface area contributed by atoms with Crippen molar-refractivity contribution >= 4 is 5.97 Å². The minimum absolute atomic E-state index is 0.0493. The van der Waals surface area contributed by atoms with Gasteiger partial charge in [0.2, 0.25) is 0 Å². The van der Waals surface area contributed by atoms with Crippen LogP contribution in [0.4, 0.5) is 0 Å². The molecule has 2 aliphatic carbocycles. The molecule has 5 heteroatoms. The van der Waals surface area contributed by atoms with E-state index in [0.29, 0.717) is 24.9 Å².